The normalized spacial score (nSPS) is 26.2. The van der Waals surface area contributed by atoms with Crippen molar-refractivity contribution in [2.24, 2.45) is 0 Å². The van der Waals surface area contributed by atoms with E-state index >= 15 is 0 Å². The Hall–Kier alpha value is -1.32. The van der Waals surface area contributed by atoms with Crippen molar-refractivity contribution >= 4 is 17.9 Å². The maximum absolute atomic E-state index is 5.92. The largest absolute Gasteiger partial charge is 0.454 e. The van der Waals surface area contributed by atoms with E-state index < -0.39 is 0 Å². The Morgan fingerprint density at radius 1 is 1.11 bits per heavy atom. The van der Waals surface area contributed by atoms with Crippen LogP contribution < -0.4 is 0 Å². The van der Waals surface area contributed by atoms with Gasteiger partial charge in [0, 0.05) is 0 Å². The molecule has 2 nitrogen and oxygen atoms in total. The molecule has 0 bridgehead atoms. The molecular weight excluding hydrogens is 223 g/mol. The van der Waals surface area contributed by atoms with Crippen LogP contribution >= 0.6 is 0 Å². The second-order valence-corrected chi connectivity index (χ2v) is 5.24. The summed E-state index contributed by atoms with van der Waals surface area (Å²) in [4.78, 5) is 0. The molecule has 2 aromatic rings. The number of hydrogen-bond donors (Lipinski definition) is 0. The van der Waals surface area contributed by atoms with Gasteiger partial charge >= 0.3 is 7.12 Å². The van der Waals surface area contributed by atoms with Crippen molar-refractivity contribution in [3.8, 4) is 0 Å². The molecule has 18 heavy (non-hydrogen) atoms. The van der Waals surface area contributed by atoms with E-state index in [1.54, 1.807) is 0 Å². The second-order valence-electron chi connectivity index (χ2n) is 5.24. The van der Waals surface area contributed by atoms with Gasteiger partial charge in [-0.2, -0.15) is 0 Å². The molecule has 2 aliphatic rings. The molecule has 2 aromatic carbocycles. The Labute approximate surface area is 107 Å². The topological polar surface area (TPSA) is 18.5 Å². The molecule has 3 heteroatoms. The van der Waals surface area contributed by atoms with Crippen LogP contribution in [0.15, 0.2) is 36.4 Å². The minimum Gasteiger partial charge on any atom is -0.405 e. The molecule has 0 radical (unpaired) electrons. The third kappa shape index (κ3) is 1.51. The van der Waals surface area contributed by atoms with Crippen LogP contribution in [0.1, 0.15) is 23.7 Å². The van der Waals surface area contributed by atoms with E-state index in [1.807, 2.05) is 6.82 Å². The Balaban J connectivity index is 1.88. The molecule has 2 atom stereocenters. The van der Waals surface area contributed by atoms with Gasteiger partial charge in [-0.1, -0.05) is 30.3 Å². The highest BCUT2D eigenvalue weighted by molar-refractivity contribution is 6.43. The summed E-state index contributed by atoms with van der Waals surface area (Å²) in [5.74, 6) is 0. The quantitative estimate of drug-likeness (QED) is 0.655. The third-order valence-electron chi connectivity index (χ3n) is 4.05. The summed E-state index contributed by atoms with van der Waals surface area (Å²) in [5.41, 5.74) is 2.75. The first-order valence-electron chi connectivity index (χ1n) is 6.64. The van der Waals surface area contributed by atoms with Gasteiger partial charge in [0.1, 0.15) is 0 Å². The van der Waals surface area contributed by atoms with Gasteiger partial charge in [-0.15, -0.1) is 0 Å². The molecule has 1 saturated heterocycles. The van der Waals surface area contributed by atoms with Crippen molar-refractivity contribution in [1.82, 2.24) is 0 Å². The first-order valence-corrected chi connectivity index (χ1v) is 6.64. The molecule has 1 fully saturated rings. The highest BCUT2D eigenvalue weighted by Gasteiger charge is 2.40. The molecule has 0 unspecified atom stereocenters. The summed E-state index contributed by atoms with van der Waals surface area (Å²) in [6.45, 7) is 1.99. The highest BCUT2D eigenvalue weighted by Crippen LogP contribution is 2.40. The highest BCUT2D eigenvalue weighted by atomic mass is 16.7. The van der Waals surface area contributed by atoms with Crippen molar-refractivity contribution in [3.05, 3.63) is 47.5 Å². The van der Waals surface area contributed by atoms with Gasteiger partial charge in [0.15, 0.2) is 0 Å². The van der Waals surface area contributed by atoms with Crippen molar-refractivity contribution in [3.63, 3.8) is 0 Å². The first-order chi connectivity index (χ1) is 8.81. The minimum absolute atomic E-state index is 0.0718. The fourth-order valence-electron chi connectivity index (χ4n) is 3.22. The van der Waals surface area contributed by atoms with Crippen LogP contribution in [0.25, 0.3) is 10.8 Å². The molecule has 4 rings (SSSR count). The van der Waals surface area contributed by atoms with E-state index in [1.165, 1.54) is 21.9 Å². The Morgan fingerprint density at radius 3 is 2.72 bits per heavy atom. The van der Waals surface area contributed by atoms with E-state index in [-0.39, 0.29) is 19.3 Å². The second kappa shape index (κ2) is 3.84. The molecule has 0 amide bonds. The Bertz CT molecular complexity index is 610. The van der Waals surface area contributed by atoms with Crippen LogP contribution in [0.4, 0.5) is 0 Å². The van der Waals surface area contributed by atoms with Gasteiger partial charge in [0.05, 0.1) is 12.2 Å². The SMILES string of the molecule is CB1O[C@H]2CCc3cc4ccccc4cc3[C@H]2O1. The zero-order valence-corrected chi connectivity index (χ0v) is 10.4. The monoisotopic (exact) mass is 238 g/mol. The summed E-state index contributed by atoms with van der Waals surface area (Å²) in [6.07, 6.45) is 2.54. The summed E-state index contributed by atoms with van der Waals surface area (Å²) < 4.78 is 11.7. The molecule has 1 heterocycles. The van der Waals surface area contributed by atoms with Crippen LogP contribution in [0.2, 0.25) is 6.82 Å². The van der Waals surface area contributed by atoms with Gasteiger partial charge in [0.25, 0.3) is 0 Å². The van der Waals surface area contributed by atoms with Crippen molar-refractivity contribution in [1.29, 1.82) is 0 Å². The Morgan fingerprint density at radius 2 is 1.89 bits per heavy atom. The third-order valence-corrected chi connectivity index (χ3v) is 4.05. The predicted octanol–water partition coefficient (Wildman–Crippen LogP) is 3.36. The average Bonchev–Trinajstić information content (AvgIpc) is 2.77. The molecule has 0 N–H and O–H groups in total. The smallest absolute Gasteiger partial charge is 0.405 e. The van der Waals surface area contributed by atoms with E-state index in [2.05, 4.69) is 36.4 Å². The van der Waals surface area contributed by atoms with Crippen LogP contribution in [-0.2, 0) is 15.7 Å². The number of fused-ring (bicyclic) bond motifs is 4. The Kier molecular flexibility index (Phi) is 2.26. The molecule has 90 valence electrons. The maximum Gasteiger partial charge on any atom is 0.454 e. The fraction of sp³-hybridized carbons (Fsp3) is 0.333. The lowest BCUT2D eigenvalue weighted by Gasteiger charge is -2.27. The number of benzene rings is 2. The molecule has 0 saturated carbocycles. The molecule has 1 aliphatic heterocycles. The molecule has 0 spiro atoms. The number of hydrogen-bond acceptors (Lipinski definition) is 2. The van der Waals surface area contributed by atoms with E-state index in [0.717, 1.165) is 12.8 Å². The van der Waals surface area contributed by atoms with Crippen molar-refractivity contribution in [2.75, 3.05) is 0 Å². The fourth-order valence-corrected chi connectivity index (χ4v) is 3.22. The van der Waals surface area contributed by atoms with Gasteiger partial charge in [0.2, 0.25) is 0 Å². The van der Waals surface area contributed by atoms with Gasteiger partial charge in [-0.05, 0) is 47.6 Å². The zero-order chi connectivity index (χ0) is 12.1. The maximum atomic E-state index is 5.92. The average molecular weight is 238 g/mol. The molecule has 1 aliphatic carbocycles. The predicted molar refractivity (Wildman–Crippen MR) is 72.6 cm³/mol. The van der Waals surface area contributed by atoms with Gasteiger partial charge in [-0.3, -0.25) is 0 Å². The molecule has 0 aromatic heterocycles. The minimum atomic E-state index is -0.0718. The standard InChI is InChI=1S/C15H15BO2/c1-16-17-14-7-6-12-8-10-4-2-3-5-11(10)9-13(12)15(14)18-16/h2-5,8-9,14-15H,6-7H2,1H3/t14-,15+/m0/s1. The van der Waals surface area contributed by atoms with Crippen LogP contribution in [-0.4, -0.2) is 13.2 Å². The van der Waals surface area contributed by atoms with E-state index in [0.29, 0.717) is 0 Å². The number of rotatable bonds is 0. The first kappa shape index (κ1) is 10.6. The van der Waals surface area contributed by atoms with E-state index in [9.17, 15) is 0 Å². The summed E-state index contributed by atoms with van der Waals surface area (Å²) in [5, 5.41) is 2.61. The number of aryl methyl sites for hydroxylation is 1. The summed E-state index contributed by atoms with van der Waals surface area (Å²) in [6, 6.07) is 13.1. The summed E-state index contributed by atoms with van der Waals surface area (Å²) >= 11 is 0. The van der Waals surface area contributed by atoms with Gasteiger partial charge in [-0.25, -0.2) is 0 Å². The lowest BCUT2D eigenvalue weighted by molar-refractivity contribution is 0.138. The van der Waals surface area contributed by atoms with Crippen LogP contribution in [0.5, 0.6) is 0 Å². The molecular formula is C15H15BO2. The van der Waals surface area contributed by atoms with E-state index in [4.69, 9.17) is 9.31 Å². The summed E-state index contributed by atoms with van der Waals surface area (Å²) in [7, 11) is -0.0718. The van der Waals surface area contributed by atoms with Crippen LogP contribution in [0.3, 0.4) is 0 Å². The lowest BCUT2D eigenvalue weighted by atomic mass is 9.85. The van der Waals surface area contributed by atoms with Crippen molar-refractivity contribution in [2.45, 2.75) is 31.9 Å². The van der Waals surface area contributed by atoms with Crippen molar-refractivity contribution < 1.29 is 9.31 Å². The lowest BCUT2D eigenvalue weighted by Crippen LogP contribution is -2.22. The van der Waals surface area contributed by atoms with Crippen LogP contribution in [0, 0.1) is 0 Å². The zero-order valence-electron chi connectivity index (χ0n) is 10.4. The van der Waals surface area contributed by atoms with Gasteiger partial charge < -0.3 is 9.31 Å².